The highest BCUT2D eigenvalue weighted by atomic mass is 35.5. The van der Waals surface area contributed by atoms with Gasteiger partial charge in [0, 0.05) is 16.9 Å². The van der Waals surface area contributed by atoms with Crippen molar-refractivity contribution >= 4 is 23.3 Å². The Morgan fingerprint density at radius 2 is 1.96 bits per heavy atom. The van der Waals surface area contributed by atoms with Crippen LogP contribution < -0.4 is 10.9 Å². The van der Waals surface area contributed by atoms with Gasteiger partial charge in [0.15, 0.2) is 0 Å². The maximum atomic E-state index is 12.6. The summed E-state index contributed by atoms with van der Waals surface area (Å²) in [5.41, 5.74) is 1.36. The molecule has 0 aliphatic rings. The second-order valence-electron chi connectivity index (χ2n) is 5.60. The van der Waals surface area contributed by atoms with Crippen LogP contribution in [-0.4, -0.2) is 15.5 Å². The number of hydrogen-bond acceptors (Lipinski definition) is 3. The lowest BCUT2D eigenvalue weighted by molar-refractivity contribution is 0.102. The Balaban J connectivity index is 1.85. The molecule has 25 heavy (non-hydrogen) atoms. The zero-order valence-corrected chi connectivity index (χ0v) is 14.3. The Labute approximate surface area is 149 Å². The first kappa shape index (κ1) is 16.9. The van der Waals surface area contributed by atoms with Crippen molar-refractivity contribution in [3.63, 3.8) is 0 Å². The Morgan fingerprint density at radius 3 is 2.72 bits per heavy atom. The lowest BCUT2D eigenvalue weighted by Crippen LogP contribution is -2.29. The van der Waals surface area contributed by atoms with Crippen LogP contribution in [0.4, 0.5) is 5.82 Å². The number of anilines is 1. The van der Waals surface area contributed by atoms with Gasteiger partial charge in [-0.15, -0.1) is 0 Å². The number of benzene rings is 1. The van der Waals surface area contributed by atoms with E-state index >= 15 is 0 Å². The molecule has 0 fully saturated rings. The normalized spacial score (nSPS) is 10.5. The van der Waals surface area contributed by atoms with E-state index in [0.717, 1.165) is 11.3 Å². The summed E-state index contributed by atoms with van der Waals surface area (Å²) in [4.78, 5) is 29.2. The van der Waals surface area contributed by atoms with Gasteiger partial charge in [0.1, 0.15) is 11.4 Å². The predicted octanol–water partition coefficient (Wildman–Crippen LogP) is 3.51. The minimum atomic E-state index is -0.483. The van der Waals surface area contributed by atoms with Crippen LogP contribution in [0.5, 0.6) is 0 Å². The number of nitrogens with zero attached hydrogens (tertiary/aromatic N) is 2. The van der Waals surface area contributed by atoms with Crippen LogP contribution in [0.1, 0.15) is 21.6 Å². The van der Waals surface area contributed by atoms with E-state index in [2.05, 4.69) is 10.3 Å². The van der Waals surface area contributed by atoms with E-state index in [-0.39, 0.29) is 11.1 Å². The number of carbonyl (C=O) groups excluding carboxylic acids is 1. The van der Waals surface area contributed by atoms with Gasteiger partial charge >= 0.3 is 0 Å². The summed E-state index contributed by atoms with van der Waals surface area (Å²) in [5, 5.41) is 3.26. The highest BCUT2D eigenvalue weighted by Gasteiger charge is 2.13. The van der Waals surface area contributed by atoms with Gasteiger partial charge in [-0.3, -0.25) is 9.59 Å². The predicted molar refractivity (Wildman–Crippen MR) is 98.2 cm³/mol. The minimum Gasteiger partial charge on any atom is -0.310 e. The topological polar surface area (TPSA) is 64.0 Å². The van der Waals surface area contributed by atoms with E-state index in [1.165, 1.54) is 10.6 Å². The summed E-state index contributed by atoms with van der Waals surface area (Å²) in [6.07, 6.45) is 1.64. The van der Waals surface area contributed by atoms with Crippen LogP contribution in [0.2, 0.25) is 5.02 Å². The van der Waals surface area contributed by atoms with Crippen molar-refractivity contribution < 1.29 is 4.79 Å². The van der Waals surface area contributed by atoms with Crippen molar-refractivity contribution in [2.24, 2.45) is 0 Å². The van der Waals surface area contributed by atoms with Gasteiger partial charge in [0.25, 0.3) is 11.5 Å². The molecule has 0 aliphatic carbocycles. The maximum absolute atomic E-state index is 12.6. The van der Waals surface area contributed by atoms with Crippen LogP contribution in [0.15, 0.2) is 65.6 Å². The molecule has 1 N–H and O–H groups in total. The van der Waals surface area contributed by atoms with E-state index < -0.39 is 5.91 Å². The molecule has 2 aromatic heterocycles. The van der Waals surface area contributed by atoms with Gasteiger partial charge in [0.2, 0.25) is 0 Å². The fourth-order valence-electron chi connectivity index (χ4n) is 2.46. The SMILES string of the molecule is Cc1cccc(NC(=O)c2cccn(Cc3cccc(Cl)c3)c2=O)n1. The number of carbonyl (C=O) groups is 1. The highest BCUT2D eigenvalue weighted by Crippen LogP contribution is 2.11. The molecular weight excluding hydrogens is 338 g/mol. The lowest BCUT2D eigenvalue weighted by atomic mass is 10.2. The summed E-state index contributed by atoms with van der Waals surface area (Å²) >= 11 is 5.98. The molecule has 3 rings (SSSR count). The molecule has 2 heterocycles. The first-order valence-electron chi connectivity index (χ1n) is 7.72. The second kappa shape index (κ2) is 7.32. The van der Waals surface area contributed by atoms with Crippen molar-refractivity contribution in [3.8, 4) is 0 Å². The third-order valence-corrected chi connectivity index (χ3v) is 3.87. The number of amides is 1. The Bertz CT molecular complexity index is 982. The third kappa shape index (κ3) is 4.14. The van der Waals surface area contributed by atoms with Gasteiger partial charge in [-0.2, -0.15) is 0 Å². The van der Waals surface area contributed by atoms with Crippen molar-refractivity contribution in [2.75, 3.05) is 5.32 Å². The van der Waals surface area contributed by atoms with Gasteiger partial charge in [0.05, 0.1) is 6.54 Å². The number of pyridine rings is 2. The number of aryl methyl sites for hydroxylation is 1. The number of halogens is 1. The lowest BCUT2D eigenvalue weighted by Gasteiger charge is -2.09. The number of rotatable bonds is 4. The van der Waals surface area contributed by atoms with Crippen molar-refractivity contribution in [1.82, 2.24) is 9.55 Å². The Hall–Kier alpha value is -2.92. The number of aromatic nitrogens is 2. The van der Waals surface area contributed by atoms with Gasteiger partial charge in [-0.05, 0) is 48.9 Å². The average Bonchev–Trinajstić information content (AvgIpc) is 2.57. The zero-order valence-electron chi connectivity index (χ0n) is 13.6. The fourth-order valence-corrected chi connectivity index (χ4v) is 2.68. The van der Waals surface area contributed by atoms with Crippen LogP contribution >= 0.6 is 11.6 Å². The summed E-state index contributed by atoms with van der Waals surface area (Å²) in [6, 6.07) is 15.7. The standard InChI is InChI=1S/C19H16ClN3O2/c1-13-5-2-9-17(21-13)22-18(24)16-8-4-10-23(19(16)25)12-14-6-3-7-15(20)11-14/h2-11H,12H2,1H3,(H,21,22,24). The van der Waals surface area contributed by atoms with E-state index in [0.29, 0.717) is 17.4 Å². The molecule has 0 spiro atoms. The molecule has 126 valence electrons. The van der Waals surface area contributed by atoms with Gasteiger partial charge in [-0.25, -0.2) is 4.98 Å². The first-order chi connectivity index (χ1) is 12.0. The summed E-state index contributed by atoms with van der Waals surface area (Å²) in [6.45, 7) is 2.17. The monoisotopic (exact) mass is 353 g/mol. The first-order valence-corrected chi connectivity index (χ1v) is 8.09. The molecule has 3 aromatic rings. The molecule has 0 saturated heterocycles. The highest BCUT2D eigenvalue weighted by molar-refractivity contribution is 6.30. The molecule has 1 aromatic carbocycles. The Morgan fingerprint density at radius 1 is 1.16 bits per heavy atom. The molecule has 1 amide bonds. The smallest absolute Gasteiger partial charge is 0.263 e. The maximum Gasteiger partial charge on any atom is 0.263 e. The second-order valence-corrected chi connectivity index (χ2v) is 6.04. The van der Waals surface area contributed by atoms with Gasteiger partial charge < -0.3 is 9.88 Å². The molecule has 5 nitrogen and oxygen atoms in total. The fraction of sp³-hybridized carbons (Fsp3) is 0.105. The van der Waals surface area contributed by atoms with Crippen LogP contribution in [0.25, 0.3) is 0 Å². The largest absolute Gasteiger partial charge is 0.310 e. The van der Waals surface area contributed by atoms with Crippen LogP contribution in [0.3, 0.4) is 0 Å². The molecule has 0 radical (unpaired) electrons. The minimum absolute atomic E-state index is 0.0628. The van der Waals surface area contributed by atoms with Crippen LogP contribution in [-0.2, 0) is 6.54 Å². The number of hydrogen-bond donors (Lipinski definition) is 1. The molecular formula is C19H16ClN3O2. The van der Waals surface area contributed by atoms with Crippen molar-refractivity contribution in [3.05, 3.63) is 93.0 Å². The third-order valence-electron chi connectivity index (χ3n) is 3.64. The molecule has 6 heteroatoms. The van der Waals surface area contributed by atoms with Crippen molar-refractivity contribution in [2.45, 2.75) is 13.5 Å². The summed E-state index contributed by atoms with van der Waals surface area (Å²) in [5.74, 6) is -0.0711. The molecule has 0 atom stereocenters. The van der Waals surface area contributed by atoms with E-state index in [1.807, 2.05) is 25.1 Å². The zero-order chi connectivity index (χ0) is 17.8. The molecule has 0 aliphatic heterocycles. The summed E-state index contributed by atoms with van der Waals surface area (Å²) < 4.78 is 1.48. The Kier molecular flexibility index (Phi) is 4.95. The average molecular weight is 354 g/mol. The quantitative estimate of drug-likeness (QED) is 0.780. The molecule has 0 unspecified atom stereocenters. The van der Waals surface area contributed by atoms with Crippen molar-refractivity contribution in [1.29, 1.82) is 0 Å². The van der Waals surface area contributed by atoms with E-state index in [4.69, 9.17) is 11.6 Å². The van der Waals surface area contributed by atoms with Gasteiger partial charge in [-0.1, -0.05) is 29.8 Å². The van der Waals surface area contributed by atoms with E-state index in [1.54, 1.807) is 36.5 Å². The summed E-state index contributed by atoms with van der Waals surface area (Å²) in [7, 11) is 0. The molecule has 0 saturated carbocycles. The number of nitrogens with one attached hydrogen (secondary N) is 1. The molecule has 0 bridgehead atoms. The van der Waals surface area contributed by atoms with Crippen LogP contribution in [0, 0.1) is 6.92 Å². The van der Waals surface area contributed by atoms with E-state index in [9.17, 15) is 9.59 Å².